The number of anilines is 3. The summed E-state index contributed by atoms with van der Waals surface area (Å²) in [5.74, 6) is 0.558. The molecule has 4 rings (SSSR count). The number of fused-ring (bicyclic) bond motifs is 1. The van der Waals surface area contributed by atoms with E-state index in [9.17, 15) is 23.5 Å². The number of nitrogens with one attached hydrogen (secondary N) is 2. The number of benzene rings is 1. The maximum absolute atomic E-state index is 13.5. The molecule has 2 aliphatic rings. The van der Waals surface area contributed by atoms with Crippen LogP contribution in [0.3, 0.4) is 0 Å². The molecule has 31 heavy (non-hydrogen) atoms. The van der Waals surface area contributed by atoms with Crippen molar-refractivity contribution in [2.75, 3.05) is 10.6 Å². The lowest BCUT2D eigenvalue weighted by atomic mass is 9.75. The van der Waals surface area contributed by atoms with Crippen LogP contribution in [0.15, 0.2) is 18.3 Å². The summed E-state index contributed by atoms with van der Waals surface area (Å²) in [5.41, 5.74) is -0.0399. The molecule has 2 aromatic rings. The Hall–Kier alpha value is -2.84. The van der Waals surface area contributed by atoms with E-state index in [2.05, 4.69) is 26.7 Å². The van der Waals surface area contributed by atoms with Crippen molar-refractivity contribution < 1.29 is 22.8 Å². The van der Waals surface area contributed by atoms with Crippen molar-refractivity contribution in [3.05, 3.63) is 35.0 Å². The van der Waals surface area contributed by atoms with Gasteiger partial charge in [0.05, 0.1) is 24.2 Å². The highest BCUT2D eigenvalue weighted by Crippen LogP contribution is 2.34. The van der Waals surface area contributed by atoms with Crippen LogP contribution in [0.2, 0.25) is 0 Å². The zero-order valence-electron chi connectivity index (χ0n) is 16.8. The minimum atomic E-state index is -4.65. The molecule has 1 aromatic heterocycles. The minimum absolute atomic E-state index is 0.0318. The van der Waals surface area contributed by atoms with Gasteiger partial charge in [0.1, 0.15) is 5.82 Å². The molecule has 1 aliphatic carbocycles. The number of aromatic nitrogens is 2. The van der Waals surface area contributed by atoms with Gasteiger partial charge >= 0.3 is 13.3 Å². The summed E-state index contributed by atoms with van der Waals surface area (Å²) in [5, 5.41) is 25.3. The van der Waals surface area contributed by atoms with Gasteiger partial charge in [-0.15, -0.1) is 0 Å². The fraction of sp³-hybridized carbons (Fsp3) is 0.450. The summed E-state index contributed by atoms with van der Waals surface area (Å²) in [4.78, 5) is 8.60. The summed E-state index contributed by atoms with van der Waals surface area (Å²) in [6.07, 6.45) is 0.648. The Morgan fingerprint density at radius 1 is 1.29 bits per heavy atom. The van der Waals surface area contributed by atoms with Gasteiger partial charge in [-0.2, -0.15) is 23.4 Å². The highest BCUT2D eigenvalue weighted by molar-refractivity contribution is 6.62. The maximum atomic E-state index is 13.5. The van der Waals surface area contributed by atoms with E-state index in [4.69, 9.17) is 4.65 Å². The van der Waals surface area contributed by atoms with E-state index in [0.717, 1.165) is 37.3 Å². The van der Waals surface area contributed by atoms with E-state index in [1.807, 2.05) is 6.92 Å². The average Bonchev–Trinajstić information content (AvgIpc) is 3.10. The molecule has 0 radical (unpaired) electrons. The molecule has 0 amide bonds. The molecule has 1 aliphatic heterocycles. The largest absolute Gasteiger partial charge is 0.492 e. The van der Waals surface area contributed by atoms with Gasteiger partial charge in [-0.05, 0) is 37.5 Å². The second kappa shape index (κ2) is 8.36. The van der Waals surface area contributed by atoms with E-state index >= 15 is 0 Å². The van der Waals surface area contributed by atoms with Gasteiger partial charge in [-0.3, -0.25) is 0 Å². The van der Waals surface area contributed by atoms with Crippen LogP contribution in [0, 0.1) is 24.2 Å². The second-order valence-electron chi connectivity index (χ2n) is 7.88. The minimum Gasteiger partial charge on any atom is -0.423 e. The molecular formula is C20H21BF3N5O2. The number of hydrogen-bond donors (Lipinski definition) is 3. The van der Waals surface area contributed by atoms with E-state index in [1.54, 1.807) is 6.20 Å². The molecule has 0 unspecified atom stereocenters. The Balaban J connectivity index is 1.61. The van der Waals surface area contributed by atoms with Crippen LogP contribution in [0.5, 0.6) is 0 Å². The molecule has 1 fully saturated rings. The van der Waals surface area contributed by atoms with Crippen LogP contribution in [0.4, 0.5) is 30.6 Å². The lowest BCUT2D eigenvalue weighted by molar-refractivity contribution is -0.136. The highest BCUT2D eigenvalue weighted by atomic mass is 19.4. The number of alkyl halides is 3. The van der Waals surface area contributed by atoms with Crippen molar-refractivity contribution in [2.45, 2.75) is 51.4 Å². The first kappa shape index (κ1) is 21.4. The Morgan fingerprint density at radius 3 is 2.81 bits per heavy atom. The van der Waals surface area contributed by atoms with Crippen molar-refractivity contribution in [3.8, 4) is 6.07 Å². The summed E-state index contributed by atoms with van der Waals surface area (Å²) >= 11 is 0. The summed E-state index contributed by atoms with van der Waals surface area (Å²) in [7, 11) is -1.60. The number of rotatable bonds is 4. The van der Waals surface area contributed by atoms with Crippen LogP contribution in [0.25, 0.3) is 0 Å². The number of nitriles is 1. The molecule has 2 heterocycles. The molecule has 11 heteroatoms. The molecule has 0 saturated heterocycles. The lowest BCUT2D eigenvalue weighted by Gasteiger charge is -2.28. The highest BCUT2D eigenvalue weighted by Gasteiger charge is 2.41. The summed E-state index contributed by atoms with van der Waals surface area (Å²) in [6, 6.07) is 4.71. The first-order valence-corrected chi connectivity index (χ1v) is 10.1. The van der Waals surface area contributed by atoms with Gasteiger partial charge in [0.25, 0.3) is 0 Å². The Kier molecular flexibility index (Phi) is 5.77. The quantitative estimate of drug-likeness (QED) is 0.639. The second-order valence-corrected chi connectivity index (χ2v) is 7.88. The number of hydrogen-bond acceptors (Lipinski definition) is 7. The van der Waals surface area contributed by atoms with Crippen LogP contribution >= 0.6 is 0 Å². The van der Waals surface area contributed by atoms with E-state index in [0.29, 0.717) is 5.82 Å². The van der Waals surface area contributed by atoms with Crippen molar-refractivity contribution in [1.29, 1.82) is 5.26 Å². The van der Waals surface area contributed by atoms with Crippen molar-refractivity contribution in [2.24, 2.45) is 5.92 Å². The van der Waals surface area contributed by atoms with Gasteiger partial charge in [-0.1, -0.05) is 12.8 Å². The van der Waals surface area contributed by atoms with Gasteiger partial charge in [0, 0.05) is 29.0 Å². The number of nitrogens with zero attached hydrogens (tertiary/aromatic N) is 3. The zero-order chi connectivity index (χ0) is 22.2. The van der Waals surface area contributed by atoms with Crippen LogP contribution in [0.1, 0.15) is 42.4 Å². The lowest BCUT2D eigenvalue weighted by Crippen LogP contribution is -2.34. The third-order valence-electron chi connectivity index (χ3n) is 5.70. The fourth-order valence-electron chi connectivity index (χ4n) is 4.09. The Morgan fingerprint density at radius 2 is 2.06 bits per heavy atom. The SMILES string of the molecule is Cc1cnc(Nc2cc3c(c(C(F)(F)F)c2)B(O)OC3)nc1N[C@@H]1CCCC[C@H]1C#N. The van der Waals surface area contributed by atoms with Gasteiger partial charge in [-0.25, -0.2) is 4.98 Å². The standard InChI is InChI=1S/C20H21BF3N5O2/c1-11-9-26-19(29-18(11)28-16-5-3-2-4-12(16)8-25)27-14-6-13-10-31-21(30)17(13)15(7-14)20(22,23)24/h6-7,9,12,16,30H,2-5,10H2,1H3,(H2,26,27,28,29)/t12-,16+/m0/s1. The monoisotopic (exact) mass is 431 g/mol. The third-order valence-corrected chi connectivity index (χ3v) is 5.70. The van der Waals surface area contributed by atoms with E-state index in [1.165, 1.54) is 6.07 Å². The molecule has 0 bridgehead atoms. The zero-order valence-corrected chi connectivity index (χ0v) is 16.8. The Bertz CT molecular complexity index is 1030. The molecule has 1 aromatic carbocycles. The molecule has 3 N–H and O–H groups in total. The summed E-state index contributed by atoms with van der Waals surface area (Å²) in [6.45, 7) is 1.71. The Labute approximate surface area is 177 Å². The first-order chi connectivity index (χ1) is 14.8. The number of halogens is 3. The normalized spacial score (nSPS) is 20.8. The molecule has 2 atom stereocenters. The number of aryl methyl sites for hydroxylation is 1. The molecule has 7 nitrogen and oxygen atoms in total. The smallest absolute Gasteiger partial charge is 0.423 e. The van der Waals surface area contributed by atoms with Crippen molar-refractivity contribution >= 4 is 30.0 Å². The first-order valence-electron chi connectivity index (χ1n) is 10.1. The van der Waals surface area contributed by atoms with Crippen molar-refractivity contribution in [3.63, 3.8) is 0 Å². The van der Waals surface area contributed by atoms with Crippen molar-refractivity contribution in [1.82, 2.24) is 9.97 Å². The van der Waals surface area contributed by atoms with Gasteiger partial charge in [0.15, 0.2) is 0 Å². The molecular weight excluding hydrogens is 410 g/mol. The van der Waals surface area contributed by atoms with E-state index in [-0.39, 0.29) is 41.2 Å². The van der Waals surface area contributed by atoms with Crippen LogP contribution in [-0.2, 0) is 17.4 Å². The molecule has 1 saturated carbocycles. The fourth-order valence-corrected chi connectivity index (χ4v) is 4.09. The maximum Gasteiger partial charge on any atom is 0.492 e. The third kappa shape index (κ3) is 4.45. The molecule has 162 valence electrons. The van der Waals surface area contributed by atoms with Gasteiger partial charge < -0.3 is 20.3 Å². The van der Waals surface area contributed by atoms with E-state index < -0.39 is 18.9 Å². The average molecular weight is 431 g/mol. The predicted octanol–water partition coefficient (Wildman–Crippen LogP) is 3.26. The topological polar surface area (TPSA) is 103 Å². The summed E-state index contributed by atoms with van der Waals surface area (Å²) < 4.78 is 45.5. The van der Waals surface area contributed by atoms with Gasteiger partial charge in [0.2, 0.25) is 5.95 Å². The van der Waals surface area contributed by atoms with Crippen LogP contribution < -0.4 is 16.1 Å². The predicted molar refractivity (Wildman–Crippen MR) is 109 cm³/mol. The van der Waals surface area contributed by atoms with Crippen LogP contribution in [-0.4, -0.2) is 28.2 Å². The molecule has 0 spiro atoms.